The van der Waals surface area contributed by atoms with Crippen molar-refractivity contribution >= 4 is 66.7 Å². The van der Waals surface area contributed by atoms with Crippen molar-refractivity contribution in [2.24, 2.45) is 0 Å². The fourth-order valence-electron chi connectivity index (χ4n) is 4.26. The molecule has 0 unspecified atom stereocenters. The molecule has 0 saturated carbocycles. The monoisotopic (exact) mass is 681 g/mol. The molecule has 1 atom stereocenters. The van der Waals surface area contributed by atoms with Crippen molar-refractivity contribution in [3.05, 3.63) is 92.4 Å². The van der Waals surface area contributed by atoms with Crippen LogP contribution in [-0.2, 0) is 26.2 Å². The number of anilines is 1. The maximum Gasteiger partial charge on any atom is 0.264 e. The van der Waals surface area contributed by atoms with Gasteiger partial charge in [-0.15, -0.1) is 0 Å². The highest BCUT2D eigenvalue weighted by atomic mass is 79.9. The third kappa shape index (κ3) is 8.70. The topological polar surface area (TPSA) is 86.8 Å². The zero-order valence-electron chi connectivity index (χ0n) is 23.2. The second-order valence-corrected chi connectivity index (χ2v) is 13.3. The Hall–Kier alpha value is -2.59. The largest absolute Gasteiger partial charge is 0.354 e. The molecule has 3 rings (SSSR count). The maximum absolute atomic E-state index is 14.1. The van der Waals surface area contributed by atoms with E-state index in [4.69, 9.17) is 23.2 Å². The molecule has 3 aromatic rings. The van der Waals surface area contributed by atoms with E-state index in [2.05, 4.69) is 21.2 Å². The van der Waals surface area contributed by atoms with E-state index >= 15 is 0 Å². The van der Waals surface area contributed by atoms with Gasteiger partial charge >= 0.3 is 0 Å². The number of nitrogens with one attached hydrogen (secondary N) is 1. The van der Waals surface area contributed by atoms with E-state index < -0.39 is 28.5 Å². The molecule has 2 amide bonds. The molecule has 0 aliphatic heterocycles. The van der Waals surface area contributed by atoms with Gasteiger partial charge in [0.25, 0.3) is 10.0 Å². The summed E-state index contributed by atoms with van der Waals surface area (Å²) in [5, 5.41) is 3.68. The molecule has 41 heavy (non-hydrogen) atoms. The molecule has 1 N–H and O–H groups in total. The van der Waals surface area contributed by atoms with E-state index in [9.17, 15) is 18.0 Å². The van der Waals surface area contributed by atoms with Crippen molar-refractivity contribution in [2.45, 2.75) is 57.5 Å². The number of amides is 2. The number of hydrogen-bond donors (Lipinski definition) is 1. The van der Waals surface area contributed by atoms with E-state index in [1.807, 2.05) is 20.8 Å². The van der Waals surface area contributed by atoms with Gasteiger partial charge in [-0.25, -0.2) is 8.42 Å². The normalized spacial score (nSPS) is 12.0. The van der Waals surface area contributed by atoms with Gasteiger partial charge in [-0.3, -0.25) is 13.9 Å². The molecule has 0 radical (unpaired) electrons. The van der Waals surface area contributed by atoms with Gasteiger partial charge in [0.1, 0.15) is 12.6 Å². The van der Waals surface area contributed by atoms with Crippen LogP contribution >= 0.6 is 39.1 Å². The molecule has 3 aromatic carbocycles. The Kier molecular flexibility index (Phi) is 12.1. The van der Waals surface area contributed by atoms with E-state index in [1.54, 1.807) is 54.6 Å². The molecule has 0 aliphatic rings. The smallest absolute Gasteiger partial charge is 0.264 e. The van der Waals surface area contributed by atoms with Crippen molar-refractivity contribution in [2.75, 3.05) is 17.4 Å². The first kappa shape index (κ1) is 32.9. The molecule has 0 aliphatic carbocycles. The quantitative estimate of drug-likeness (QED) is 0.197. The lowest BCUT2D eigenvalue weighted by Crippen LogP contribution is -2.52. The van der Waals surface area contributed by atoms with Crippen LogP contribution in [0.25, 0.3) is 0 Å². The predicted molar refractivity (Wildman–Crippen MR) is 169 cm³/mol. The second kappa shape index (κ2) is 15.0. The summed E-state index contributed by atoms with van der Waals surface area (Å²) < 4.78 is 29.6. The van der Waals surface area contributed by atoms with Gasteiger partial charge in [-0.2, -0.15) is 0 Å². The first-order valence-electron chi connectivity index (χ1n) is 13.3. The van der Waals surface area contributed by atoms with Crippen LogP contribution in [-0.4, -0.2) is 44.3 Å². The van der Waals surface area contributed by atoms with Gasteiger partial charge in [0, 0.05) is 27.6 Å². The summed E-state index contributed by atoms with van der Waals surface area (Å²) in [6, 6.07) is 17.2. The van der Waals surface area contributed by atoms with Crippen LogP contribution in [0.4, 0.5) is 5.69 Å². The Morgan fingerprint density at radius 3 is 2.32 bits per heavy atom. The molecule has 7 nitrogen and oxygen atoms in total. The minimum atomic E-state index is -4.15. The van der Waals surface area contributed by atoms with Crippen LogP contribution in [0.3, 0.4) is 0 Å². The number of halogens is 3. The Balaban J connectivity index is 2.06. The number of sulfonamides is 1. The predicted octanol–water partition coefficient (Wildman–Crippen LogP) is 6.98. The minimum Gasteiger partial charge on any atom is -0.354 e. The molecular formula is C30H34BrCl2N3O4S. The van der Waals surface area contributed by atoms with Gasteiger partial charge < -0.3 is 10.2 Å². The molecule has 0 fully saturated rings. The van der Waals surface area contributed by atoms with E-state index in [-0.39, 0.29) is 17.3 Å². The molecule has 0 spiro atoms. The summed E-state index contributed by atoms with van der Waals surface area (Å²) in [6.45, 7) is 5.63. The lowest BCUT2D eigenvalue weighted by molar-refractivity contribution is -0.140. The molecule has 0 saturated heterocycles. The SMILES string of the molecule is CCCCNC(=O)[C@@H](CC)N(Cc1ccc(Cl)cc1Cl)C(=O)CN(c1cccc(Br)c1)S(=O)(=O)c1ccc(C)cc1. The van der Waals surface area contributed by atoms with Crippen molar-refractivity contribution in [1.82, 2.24) is 10.2 Å². The van der Waals surface area contributed by atoms with E-state index in [1.165, 1.54) is 17.0 Å². The van der Waals surface area contributed by atoms with Crippen LogP contribution in [0.2, 0.25) is 10.0 Å². The van der Waals surface area contributed by atoms with Gasteiger partial charge in [0.05, 0.1) is 10.6 Å². The third-order valence-corrected chi connectivity index (χ3v) is 9.42. The number of aryl methyl sites for hydroxylation is 1. The lowest BCUT2D eigenvalue weighted by Gasteiger charge is -2.33. The van der Waals surface area contributed by atoms with Gasteiger partial charge in [-0.1, -0.05) is 89.2 Å². The van der Waals surface area contributed by atoms with Gasteiger partial charge in [-0.05, 0) is 67.8 Å². The zero-order chi connectivity index (χ0) is 30.2. The summed E-state index contributed by atoms with van der Waals surface area (Å²) in [4.78, 5) is 28.8. The molecule has 220 valence electrons. The number of hydrogen-bond acceptors (Lipinski definition) is 4. The first-order valence-corrected chi connectivity index (χ1v) is 16.3. The van der Waals surface area contributed by atoms with E-state index in [0.29, 0.717) is 38.7 Å². The standard InChI is InChI=1S/C30H34BrCl2N3O4S/c1-4-6-16-34-30(38)28(5-2)35(19-22-12-13-24(32)18-27(22)33)29(37)20-36(25-9-7-8-23(31)17-25)41(39,40)26-14-10-21(3)11-15-26/h7-15,17-18,28H,4-6,16,19-20H2,1-3H3,(H,34,38)/t28-/m1/s1. The number of benzene rings is 3. The van der Waals surface area contributed by atoms with E-state index in [0.717, 1.165) is 22.7 Å². The number of carbonyl (C=O) groups excluding carboxylic acids is 2. The van der Waals surface area contributed by atoms with Crippen LogP contribution in [0.1, 0.15) is 44.2 Å². The molecular weight excluding hydrogens is 649 g/mol. The Bertz CT molecular complexity index is 1470. The van der Waals surface area contributed by atoms with Crippen LogP contribution in [0, 0.1) is 6.92 Å². The zero-order valence-corrected chi connectivity index (χ0v) is 27.2. The average molecular weight is 683 g/mol. The minimum absolute atomic E-state index is 0.00849. The summed E-state index contributed by atoms with van der Waals surface area (Å²) >= 11 is 16.0. The first-order chi connectivity index (χ1) is 19.5. The number of unbranched alkanes of at least 4 members (excludes halogenated alkanes) is 1. The van der Waals surface area contributed by atoms with Crippen molar-refractivity contribution in [3.63, 3.8) is 0 Å². The fraction of sp³-hybridized carbons (Fsp3) is 0.333. The van der Waals surface area contributed by atoms with Gasteiger partial charge in [0.2, 0.25) is 11.8 Å². The molecule has 0 bridgehead atoms. The summed E-state index contributed by atoms with van der Waals surface area (Å²) in [6.07, 6.45) is 2.01. The van der Waals surface area contributed by atoms with Crippen LogP contribution in [0.5, 0.6) is 0 Å². The Morgan fingerprint density at radius 2 is 1.71 bits per heavy atom. The average Bonchev–Trinajstić information content (AvgIpc) is 2.93. The summed E-state index contributed by atoms with van der Waals surface area (Å²) in [5.41, 5.74) is 1.79. The Labute approximate surface area is 261 Å². The molecule has 11 heteroatoms. The van der Waals surface area contributed by atoms with Crippen molar-refractivity contribution in [1.29, 1.82) is 0 Å². The Morgan fingerprint density at radius 1 is 1.00 bits per heavy atom. The third-order valence-electron chi connectivity index (χ3n) is 6.56. The number of carbonyl (C=O) groups is 2. The highest BCUT2D eigenvalue weighted by Crippen LogP contribution is 2.28. The maximum atomic E-state index is 14.1. The van der Waals surface area contributed by atoms with Crippen LogP contribution in [0.15, 0.2) is 76.1 Å². The highest BCUT2D eigenvalue weighted by molar-refractivity contribution is 9.10. The van der Waals surface area contributed by atoms with Crippen LogP contribution < -0.4 is 9.62 Å². The number of nitrogens with zero attached hydrogens (tertiary/aromatic N) is 2. The number of rotatable bonds is 13. The van der Waals surface area contributed by atoms with Crippen molar-refractivity contribution in [3.8, 4) is 0 Å². The highest BCUT2D eigenvalue weighted by Gasteiger charge is 2.34. The molecule has 0 aromatic heterocycles. The summed E-state index contributed by atoms with van der Waals surface area (Å²) in [7, 11) is -4.15. The van der Waals surface area contributed by atoms with Crippen molar-refractivity contribution < 1.29 is 18.0 Å². The fourth-order valence-corrected chi connectivity index (χ4v) is 6.52. The molecule has 0 heterocycles. The van der Waals surface area contributed by atoms with Gasteiger partial charge in [0.15, 0.2) is 0 Å². The summed E-state index contributed by atoms with van der Waals surface area (Å²) in [5.74, 6) is -0.862. The second-order valence-electron chi connectivity index (χ2n) is 9.63. The lowest BCUT2D eigenvalue weighted by atomic mass is 10.1.